The first-order valence-corrected chi connectivity index (χ1v) is 12.0. The van der Waals surface area contributed by atoms with Crippen molar-refractivity contribution in [3.05, 3.63) is 59.5 Å². The van der Waals surface area contributed by atoms with Gasteiger partial charge in [0.25, 0.3) is 0 Å². The number of nitrogens with zero attached hydrogens (tertiary/aromatic N) is 5. The molecule has 7 nitrogen and oxygen atoms in total. The fourth-order valence-corrected chi connectivity index (χ4v) is 5.20. The fraction of sp³-hybridized carbons (Fsp3) is 0.462. The maximum atomic E-state index is 13.1. The standard InChI is InChI=1S/C26H33N5O2/c1-19-9-10-20(2)30(19)24-21(3)27-31(23-7-5-4-6-8-23)25(24)28-13-11-22(12-14-28)26(32)29-15-17-33-18-16-29/h4-10,22H,11-18H2,1-3H3. The molecule has 0 spiro atoms. The Bertz CT molecular complexity index is 1100. The van der Waals surface area contributed by atoms with Gasteiger partial charge in [-0.1, -0.05) is 18.2 Å². The van der Waals surface area contributed by atoms with Gasteiger partial charge < -0.3 is 19.1 Å². The van der Waals surface area contributed by atoms with E-state index < -0.39 is 0 Å². The summed E-state index contributed by atoms with van der Waals surface area (Å²) in [6, 6.07) is 14.7. The number of carbonyl (C=O) groups is 1. The van der Waals surface area contributed by atoms with Crippen LogP contribution in [-0.4, -0.2) is 64.5 Å². The monoisotopic (exact) mass is 447 g/mol. The van der Waals surface area contributed by atoms with Crippen LogP contribution in [0.3, 0.4) is 0 Å². The van der Waals surface area contributed by atoms with Crippen LogP contribution in [0.4, 0.5) is 5.82 Å². The molecule has 0 bridgehead atoms. The quantitative estimate of drug-likeness (QED) is 0.613. The third kappa shape index (κ3) is 4.06. The predicted octanol–water partition coefficient (Wildman–Crippen LogP) is 3.66. The normalized spacial score (nSPS) is 17.5. The van der Waals surface area contributed by atoms with E-state index in [4.69, 9.17) is 9.84 Å². The molecule has 1 aromatic carbocycles. The van der Waals surface area contributed by atoms with Crippen LogP contribution in [0.25, 0.3) is 11.4 Å². The van der Waals surface area contributed by atoms with E-state index in [0.717, 1.165) is 61.9 Å². The Labute approximate surface area is 195 Å². The number of para-hydroxylation sites is 1. The maximum Gasteiger partial charge on any atom is 0.225 e. The van der Waals surface area contributed by atoms with E-state index >= 15 is 0 Å². The number of hydrogen-bond acceptors (Lipinski definition) is 4. The van der Waals surface area contributed by atoms with Gasteiger partial charge in [0, 0.05) is 43.5 Å². The van der Waals surface area contributed by atoms with Crippen LogP contribution in [0.2, 0.25) is 0 Å². The molecule has 0 saturated carbocycles. The van der Waals surface area contributed by atoms with Gasteiger partial charge in [-0.2, -0.15) is 5.10 Å². The van der Waals surface area contributed by atoms with E-state index in [0.29, 0.717) is 19.1 Å². The highest BCUT2D eigenvalue weighted by Gasteiger charge is 2.32. The molecule has 0 atom stereocenters. The van der Waals surface area contributed by atoms with Crippen molar-refractivity contribution in [3.8, 4) is 11.4 Å². The van der Waals surface area contributed by atoms with Gasteiger partial charge in [0.1, 0.15) is 5.69 Å². The number of ether oxygens (including phenoxy) is 1. The Morgan fingerprint density at radius 1 is 0.909 bits per heavy atom. The zero-order chi connectivity index (χ0) is 22.9. The highest BCUT2D eigenvalue weighted by molar-refractivity contribution is 5.79. The SMILES string of the molecule is Cc1nn(-c2ccccc2)c(N2CCC(C(=O)N3CCOCC3)CC2)c1-n1c(C)ccc1C. The third-order valence-electron chi connectivity index (χ3n) is 6.97. The highest BCUT2D eigenvalue weighted by atomic mass is 16.5. The van der Waals surface area contributed by atoms with Crippen molar-refractivity contribution in [2.45, 2.75) is 33.6 Å². The van der Waals surface area contributed by atoms with Crippen molar-refractivity contribution in [3.63, 3.8) is 0 Å². The zero-order valence-electron chi connectivity index (χ0n) is 19.8. The molecule has 3 aromatic rings. The molecule has 2 aliphatic heterocycles. The lowest BCUT2D eigenvalue weighted by Crippen LogP contribution is -2.47. The Hall–Kier alpha value is -3.06. The minimum Gasteiger partial charge on any atom is -0.378 e. The van der Waals surface area contributed by atoms with Crippen LogP contribution in [0.15, 0.2) is 42.5 Å². The Balaban J connectivity index is 1.48. The first kappa shape index (κ1) is 21.8. The lowest BCUT2D eigenvalue weighted by Gasteiger charge is -2.37. The van der Waals surface area contributed by atoms with Gasteiger partial charge in [-0.15, -0.1) is 0 Å². The number of amides is 1. The summed E-state index contributed by atoms with van der Waals surface area (Å²) < 4.78 is 9.81. The number of piperidine rings is 1. The average molecular weight is 448 g/mol. The molecular formula is C26H33N5O2. The van der Waals surface area contributed by atoms with Gasteiger partial charge in [0.15, 0.2) is 5.82 Å². The van der Waals surface area contributed by atoms with E-state index in [1.165, 1.54) is 11.4 Å². The number of anilines is 1. The number of hydrogen-bond donors (Lipinski definition) is 0. The Kier molecular flexibility index (Phi) is 5.98. The molecule has 1 amide bonds. The van der Waals surface area contributed by atoms with E-state index in [2.05, 4.69) is 71.3 Å². The average Bonchev–Trinajstić information content (AvgIpc) is 3.37. The van der Waals surface area contributed by atoms with E-state index in [1.54, 1.807) is 0 Å². The van der Waals surface area contributed by atoms with Gasteiger partial charge in [-0.25, -0.2) is 4.68 Å². The van der Waals surface area contributed by atoms with Crippen LogP contribution in [-0.2, 0) is 9.53 Å². The fourth-order valence-electron chi connectivity index (χ4n) is 5.20. The van der Waals surface area contributed by atoms with Crippen LogP contribution >= 0.6 is 0 Å². The molecule has 0 unspecified atom stereocenters. The first-order chi connectivity index (χ1) is 16.0. The molecule has 7 heteroatoms. The minimum absolute atomic E-state index is 0.0899. The number of benzene rings is 1. The largest absolute Gasteiger partial charge is 0.378 e. The van der Waals surface area contributed by atoms with Crippen molar-refractivity contribution in [2.24, 2.45) is 5.92 Å². The Morgan fingerprint density at radius 3 is 2.18 bits per heavy atom. The maximum absolute atomic E-state index is 13.1. The second-order valence-corrected chi connectivity index (χ2v) is 9.16. The van der Waals surface area contributed by atoms with Crippen molar-refractivity contribution in [1.82, 2.24) is 19.2 Å². The summed E-state index contributed by atoms with van der Waals surface area (Å²) in [6.07, 6.45) is 1.72. The molecule has 33 heavy (non-hydrogen) atoms. The van der Waals surface area contributed by atoms with Gasteiger partial charge >= 0.3 is 0 Å². The van der Waals surface area contributed by atoms with Crippen molar-refractivity contribution < 1.29 is 9.53 Å². The van der Waals surface area contributed by atoms with Crippen LogP contribution < -0.4 is 4.90 Å². The number of rotatable bonds is 4. The minimum atomic E-state index is 0.0899. The summed E-state index contributed by atoms with van der Waals surface area (Å²) in [5, 5.41) is 4.99. The summed E-state index contributed by atoms with van der Waals surface area (Å²) in [7, 11) is 0. The van der Waals surface area contributed by atoms with Crippen molar-refractivity contribution in [2.75, 3.05) is 44.3 Å². The van der Waals surface area contributed by atoms with E-state index in [-0.39, 0.29) is 5.92 Å². The second-order valence-electron chi connectivity index (χ2n) is 9.16. The molecule has 2 aliphatic rings. The first-order valence-electron chi connectivity index (χ1n) is 12.0. The molecule has 2 saturated heterocycles. The molecule has 0 aliphatic carbocycles. The van der Waals surface area contributed by atoms with Crippen LogP contribution in [0, 0.1) is 26.7 Å². The summed E-state index contributed by atoms with van der Waals surface area (Å²) in [4.78, 5) is 17.5. The Morgan fingerprint density at radius 2 is 1.55 bits per heavy atom. The van der Waals surface area contributed by atoms with Gasteiger partial charge in [0.2, 0.25) is 5.91 Å². The lowest BCUT2D eigenvalue weighted by molar-refractivity contribution is -0.140. The number of morpholine rings is 1. The summed E-state index contributed by atoms with van der Waals surface area (Å²) in [5.41, 5.74) is 5.58. The molecule has 0 radical (unpaired) electrons. The molecule has 4 heterocycles. The molecule has 174 valence electrons. The van der Waals surface area contributed by atoms with Gasteiger partial charge in [-0.3, -0.25) is 4.79 Å². The molecular weight excluding hydrogens is 414 g/mol. The van der Waals surface area contributed by atoms with Crippen LogP contribution in [0.1, 0.15) is 29.9 Å². The van der Waals surface area contributed by atoms with Crippen LogP contribution in [0.5, 0.6) is 0 Å². The van der Waals surface area contributed by atoms with Crippen molar-refractivity contribution in [1.29, 1.82) is 0 Å². The van der Waals surface area contributed by atoms with Gasteiger partial charge in [-0.05, 0) is 57.9 Å². The number of aromatic nitrogens is 3. The smallest absolute Gasteiger partial charge is 0.225 e. The second kappa shape index (κ2) is 9.06. The van der Waals surface area contributed by atoms with E-state index in [9.17, 15) is 4.79 Å². The highest BCUT2D eigenvalue weighted by Crippen LogP contribution is 2.35. The number of aryl methyl sites for hydroxylation is 3. The third-order valence-corrected chi connectivity index (χ3v) is 6.97. The zero-order valence-corrected chi connectivity index (χ0v) is 19.8. The topological polar surface area (TPSA) is 55.5 Å². The number of carbonyl (C=O) groups excluding carboxylic acids is 1. The molecule has 5 rings (SSSR count). The van der Waals surface area contributed by atoms with Gasteiger partial charge in [0.05, 0.1) is 24.6 Å². The summed E-state index contributed by atoms with van der Waals surface area (Å²) in [6.45, 7) is 10.8. The predicted molar refractivity (Wildman–Crippen MR) is 129 cm³/mol. The summed E-state index contributed by atoms with van der Waals surface area (Å²) >= 11 is 0. The molecule has 2 aromatic heterocycles. The molecule has 0 N–H and O–H groups in total. The lowest BCUT2D eigenvalue weighted by atomic mass is 9.95. The van der Waals surface area contributed by atoms with E-state index in [1.807, 2.05) is 11.0 Å². The van der Waals surface area contributed by atoms with Crippen molar-refractivity contribution >= 4 is 11.7 Å². The summed E-state index contributed by atoms with van der Waals surface area (Å²) in [5.74, 6) is 1.49. The molecule has 2 fully saturated rings.